The van der Waals surface area contributed by atoms with Crippen molar-refractivity contribution in [1.29, 1.82) is 0 Å². The molecular weight excluding hydrogens is 693 g/mol. The fourth-order valence-corrected chi connectivity index (χ4v) is 5.63. The molecule has 0 saturated heterocycles. The van der Waals surface area contributed by atoms with E-state index in [2.05, 4.69) is 4.74 Å². The van der Waals surface area contributed by atoms with E-state index < -0.39 is 97.1 Å². The van der Waals surface area contributed by atoms with Gasteiger partial charge in [0.05, 0.1) is 10.6 Å². The first kappa shape index (κ1) is 35.7. The van der Waals surface area contributed by atoms with E-state index >= 15 is 22.0 Å². The molecule has 256 valence electrons. The van der Waals surface area contributed by atoms with Gasteiger partial charge in [0.1, 0.15) is 46.2 Å². The zero-order chi connectivity index (χ0) is 35.8. The second kappa shape index (κ2) is 14.1. The number of hydrogen-bond acceptors (Lipinski definition) is 1. The van der Waals surface area contributed by atoms with Crippen molar-refractivity contribution in [3.63, 3.8) is 0 Å². The Hall–Kier alpha value is -4.58. The molecule has 0 heterocycles. The summed E-state index contributed by atoms with van der Waals surface area (Å²) in [4.78, 5) is 0. The molecular formula is C36H22ClF11O. The van der Waals surface area contributed by atoms with Crippen LogP contribution in [0, 0.1) is 52.4 Å². The summed E-state index contributed by atoms with van der Waals surface area (Å²) in [5.74, 6) is -15.4. The van der Waals surface area contributed by atoms with Crippen molar-refractivity contribution in [2.45, 2.75) is 38.7 Å². The van der Waals surface area contributed by atoms with Crippen LogP contribution in [0.1, 0.15) is 37.3 Å². The Labute approximate surface area is 277 Å². The molecule has 0 aromatic heterocycles. The highest BCUT2D eigenvalue weighted by Gasteiger charge is 2.41. The van der Waals surface area contributed by atoms with Crippen LogP contribution in [0.15, 0.2) is 66.7 Å². The smallest absolute Gasteiger partial charge is 0.429 e. The summed E-state index contributed by atoms with van der Waals surface area (Å²) in [5.41, 5.74) is -4.69. The second-order valence-electron chi connectivity index (χ2n) is 11.0. The van der Waals surface area contributed by atoms with E-state index in [1.807, 2.05) is 6.92 Å². The number of alkyl halides is 2. The highest BCUT2D eigenvalue weighted by atomic mass is 35.5. The minimum atomic E-state index is -4.84. The highest BCUT2D eigenvalue weighted by Crippen LogP contribution is 2.41. The van der Waals surface area contributed by atoms with Crippen molar-refractivity contribution in [1.82, 2.24) is 0 Å². The third-order valence-electron chi connectivity index (χ3n) is 7.61. The zero-order valence-corrected chi connectivity index (χ0v) is 25.9. The number of hydrogen-bond donors (Lipinski definition) is 0. The summed E-state index contributed by atoms with van der Waals surface area (Å²) in [6, 6.07) is 7.60. The van der Waals surface area contributed by atoms with Gasteiger partial charge in [-0.25, -0.2) is 39.5 Å². The molecule has 0 N–H and O–H groups in total. The Bertz CT molecular complexity index is 1970. The van der Waals surface area contributed by atoms with E-state index in [1.165, 1.54) is 12.1 Å². The van der Waals surface area contributed by atoms with Gasteiger partial charge in [-0.3, -0.25) is 0 Å². The lowest BCUT2D eigenvalue weighted by molar-refractivity contribution is -0.189. The van der Waals surface area contributed by atoms with E-state index in [0.29, 0.717) is 42.3 Å². The minimum Gasteiger partial charge on any atom is -0.429 e. The predicted octanol–water partition coefficient (Wildman–Crippen LogP) is 12.5. The number of rotatable bonds is 10. The second-order valence-corrected chi connectivity index (χ2v) is 11.4. The van der Waals surface area contributed by atoms with Gasteiger partial charge in [-0.1, -0.05) is 43.5 Å². The van der Waals surface area contributed by atoms with E-state index in [0.717, 1.165) is 25.3 Å². The molecule has 0 radical (unpaired) electrons. The van der Waals surface area contributed by atoms with Crippen LogP contribution in [0.5, 0.6) is 5.75 Å². The molecule has 1 nitrogen and oxygen atoms in total. The number of halogens is 12. The molecule has 13 heteroatoms. The molecule has 0 saturated carbocycles. The van der Waals surface area contributed by atoms with Crippen molar-refractivity contribution < 1.29 is 53.0 Å². The SMILES string of the molecule is CCCCCc1ccc(-c2cc(F)c(C(F)(F)Oc3cc(F)c(-c4cc(F)c(-c5cc(F)c(F)c(F)c5)c(Cl)c4)c(F)c3)c(F)c2)c(F)c1. The standard InChI is InChI=1S/C36H22ClF11O/c1-2-3-4-5-17-6-7-22(24(38)8-17)18-10-28(42)34(29(43)11-18)36(47,48)49-21-15-26(40)33(27(41)16-21)19-9-23(37)32(25(39)12-19)20-13-30(44)35(46)31(45)14-20/h6-16H,2-5H2,1H3. The van der Waals surface area contributed by atoms with Gasteiger partial charge in [0, 0.05) is 23.3 Å². The van der Waals surface area contributed by atoms with E-state index in [-0.39, 0.29) is 23.3 Å². The van der Waals surface area contributed by atoms with Crippen LogP contribution < -0.4 is 4.74 Å². The number of unbranched alkanes of at least 4 members (excludes halogenated alkanes) is 2. The lowest BCUT2D eigenvalue weighted by atomic mass is 9.98. The van der Waals surface area contributed by atoms with Crippen molar-refractivity contribution in [3.8, 4) is 39.1 Å². The van der Waals surface area contributed by atoms with Crippen LogP contribution in [-0.2, 0) is 12.5 Å². The zero-order valence-electron chi connectivity index (χ0n) is 25.1. The summed E-state index contributed by atoms with van der Waals surface area (Å²) in [6.07, 6.45) is -1.62. The van der Waals surface area contributed by atoms with Crippen LogP contribution in [0.3, 0.4) is 0 Å². The van der Waals surface area contributed by atoms with Crippen LogP contribution in [0.2, 0.25) is 5.02 Å². The molecule has 0 spiro atoms. The maximum Gasteiger partial charge on any atom is 0.432 e. The molecule has 0 aliphatic heterocycles. The van der Waals surface area contributed by atoms with Gasteiger partial charge in [-0.05, 0) is 77.6 Å². The summed E-state index contributed by atoms with van der Waals surface area (Å²) in [5, 5.41) is -0.608. The number of benzene rings is 5. The fraction of sp³-hybridized carbons (Fsp3) is 0.167. The van der Waals surface area contributed by atoms with Gasteiger partial charge in [0.2, 0.25) is 0 Å². The fourth-order valence-electron chi connectivity index (χ4n) is 5.31. The Balaban J connectivity index is 1.42. The van der Waals surface area contributed by atoms with Crippen molar-refractivity contribution in [2.24, 2.45) is 0 Å². The third-order valence-corrected chi connectivity index (χ3v) is 7.91. The Morgan fingerprint density at radius 1 is 0.571 bits per heavy atom. The molecule has 0 aliphatic carbocycles. The normalized spacial score (nSPS) is 11.7. The molecule has 0 bridgehead atoms. The third kappa shape index (κ3) is 7.39. The number of aryl methyl sites for hydroxylation is 1. The van der Waals surface area contributed by atoms with Crippen molar-refractivity contribution >= 4 is 11.6 Å². The van der Waals surface area contributed by atoms with Gasteiger partial charge < -0.3 is 4.74 Å². The van der Waals surface area contributed by atoms with Gasteiger partial charge in [-0.15, -0.1) is 0 Å². The molecule has 0 unspecified atom stereocenters. The molecule has 49 heavy (non-hydrogen) atoms. The van der Waals surface area contributed by atoms with Crippen LogP contribution in [0.25, 0.3) is 33.4 Å². The number of ether oxygens (including phenoxy) is 1. The quantitative estimate of drug-likeness (QED) is 0.0795. The molecule has 0 amide bonds. The first-order chi connectivity index (χ1) is 23.1. The van der Waals surface area contributed by atoms with Crippen LogP contribution in [0.4, 0.5) is 48.3 Å². The van der Waals surface area contributed by atoms with Crippen LogP contribution in [-0.4, -0.2) is 0 Å². The Morgan fingerprint density at radius 3 is 1.65 bits per heavy atom. The van der Waals surface area contributed by atoms with E-state index in [4.69, 9.17) is 11.6 Å². The van der Waals surface area contributed by atoms with E-state index in [9.17, 15) is 26.3 Å². The molecule has 5 aromatic carbocycles. The lowest BCUT2D eigenvalue weighted by Gasteiger charge is -2.21. The molecule has 5 rings (SSSR count). The maximum atomic E-state index is 15.1. The summed E-state index contributed by atoms with van der Waals surface area (Å²) < 4.78 is 165. The Kier molecular flexibility index (Phi) is 10.3. The monoisotopic (exact) mass is 714 g/mol. The first-order valence-corrected chi connectivity index (χ1v) is 15.0. The first-order valence-electron chi connectivity index (χ1n) is 14.6. The molecule has 5 aromatic rings. The highest BCUT2D eigenvalue weighted by molar-refractivity contribution is 6.33. The van der Waals surface area contributed by atoms with Gasteiger partial charge >= 0.3 is 6.11 Å². The molecule has 0 fully saturated rings. The van der Waals surface area contributed by atoms with Gasteiger partial charge in [-0.2, -0.15) is 8.78 Å². The molecule has 0 aliphatic rings. The van der Waals surface area contributed by atoms with Crippen LogP contribution >= 0.6 is 11.6 Å². The average molecular weight is 715 g/mol. The topological polar surface area (TPSA) is 9.23 Å². The van der Waals surface area contributed by atoms with Crippen molar-refractivity contribution in [2.75, 3.05) is 0 Å². The Morgan fingerprint density at radius 2 is 1.10 bits per heavy atom. The maximum absolute atomic E-state index is 15.1. The summed E-state index contributed by atoms with van der Waals surface area (Å²) in [6.45, 7) is 2.00. The van der Waals surface area contributed by atoms with E-state index in [1.54, 1.807) is 6.07 Å². The van der Waals surface area contributed by atoms with Gasteiger partial charge in [0.15, 0.2) is 17.5 Å². The molecule has 0 atom stereocenters. The lowest BCUT2D eigenvalue weighted by Crippen LogP contribution is -2.25. The average Bonchev–Trinajstić information content (AvgIpc) is 2.98. The minimum absolute atomic E-state index is 0.235. The predicted molar refractivity (Wildman–Crippen MR) is 162 cm³/mol. The van der Waals surface area contributed by atoms with Crippen molar-refractivity contribution in [3.05, 3.63) is 135 Å². The summed E-state index contributed by atoms with van der Waals surface area (Å²) >= 11 is 6.03. The largest absolute Gasteiger partial charge is 0.432 e. The summed E-state index contributed by atoms with van der Waals surface area (Å²) in [7, 11) is 0. The van der Waals surface area contributed by atoms with Gasteiger partial charge in [0.25, 0.3) is 0 Å².